The van der Waals surface area contributed by atoms with Crippen LogP contribution in [0.5, 0.6) is 0 Å². The van der Waals surface area contributed by atoms with Crippen molar-refractivity contribution in [2.45, 2.75) is 32.7 Å². The van der Waals surface area contributed by atoms with E-state index in [1.54, 1.807) is 6.92 Å². The van der Waals surface area contributed by atoms with Crippen LogP contribution in [0.4, 0.5) is 0 Å². The molecule has 0 spiro atoms. The highest BCUT2D eigenvalue weighted by atomic mass is 16.4. The van der Waals surface area contributed by atoms with Gasteiger partial charge in [-0.3, -0.25) is 9.59 Å². The van der Waals surface area contributed by atoms with Crippen molar-refractivity contribution in [1.29, 1.82) is 0 Å². The fourth-order valence-electron chi connectivity index (χ4n) is 1.04. The first-order valence-corrected chi connectivity index (χ1v) is 4.78. The summed E-state index contributed by atoms with van der Waals surface area (Å²) >= 11 is 0. The average Bonchev–Trinajstić information content (AvgIpc) is 2.02. The Morgan fingerprint density at radius 1 is 1.43 bits per heavy atom. The number of amides is 1. The van der Waals surface area contributed by atoms with Crippen molar-refractivity contribution >= 4 is 11.9 Å². The Hall–Kier alpha value is -1.10. The highest BCUT2D eigenvalue weighted by Gasteiger charge is 2.09. The second kappa shape index (κ2) is 7.32. The van der Waals surface area contributed by atoms with Gasteiger partial charge in [0.1, 0.15) is 0 Å². The van der Waals surface area contributed by atoms with E-state index in [0.29, 0.717) is 13.0 Å². The number of rotatable bonds is 7. The zero-order chi connectivity index (χ0) is 11.0. The van der Waals surface area contributed by atoms with Crippen molar-refractivity contribution in [2.75, 3.05) is 13.1 Å². The molecule has 0 aliphatic heterocycles. The van der Waals surface area contributed by atoms with E-state index in [2.05, 4.69) is 10.6 Å². The van der Waals surface area contributed by atoms with E-state index in [1.807, 2.05) is 6.92 Å². The lowest BCUT2D eigenvalue weighted by atomic mass is 10.2. The summed E-state index contributed by atoms with van der Waals surface area (Å²) in [6, 6.07) is -0.304. The number of hydrogen-bond donors (Lipinski definition) is 3. The standard InChI is InChI=1S/C9H18N2O3/c1-3-10-5-4-8(12)11-7(2)6-9(13)14/h7,10H,3-6H2,1-2H3,(H,11,12)(H,13,14). The van der Waals surface area contributed by atoms with E-state index in [0.717, 1.165) is 6.54 Å². The van der Waals surface area contributed by atoms with Crippen LogP contribution in [0.15, 0.2) is 0 Å². The van der Waals surface area contributed by atoms with Crippen molar-refractivity contribution in [3.8, 4) is 0 Å². The SMILES string of the molecule is CCNCCC(=O)NC(C)CC(=O)O. The Morgan fingerprint density at radius 3 is 2.57 bits per heavy atom. The van der Waals surface area contributed by atoms with Gasteiger partial charge in [0.05, 0.1) is 6.42 Å². The maximum Gasteiger partial charge on any atom is 0.305 e. The molecule has 5 nitrogen and oxygen atoms in total. The molecule has 82 valence electrons. The second-order valence-electron chi connectivity index (χ2n) is 3.17. The lowest BCUT2D eigenvalue weighted by molar-refractivity contribution is -0.137. The first-order chi connectivity index (χ1) is 6.56. The van der Waals surface area contributed by atoms with E-state index in [4.69, 9.17) is 5.11 Å². The third-order valence-electron chi connectivity index (χ3n) is 1.67. The molecule has 0 fully saturated rings. The normalized spacial score (nSPS) is 12.1. The Kier molecular flexibility index (Phi) is 6.74. The third kappa shape index (κ3) is 7.54. The molecule has 0 heterocycles. The molecule has 0 radical (unpaired) electrons. The summed E-state index contributed by atoms with van der Waals surface area (Å²) in [5.41, 5.74) is 0. The summed E-state index contributed by atoms with van der Waals surface area (Å²) < 4.78 is 0. The number of carbonyl (C=O) groups excluding carboxylic acids is 1. The van der Waals surface area contributed by atoms with Gasteiger partial charge < -0.3 is 15.7 Å². The number of carboxylic acid groups (broad SMARTS) is 1. The van der Waals surface area contributed by atoms with Gasteiger partial charge in [0, 0.05) is 19.0 Å². The predicted octanol–water partition coefficient (Wildman–Crippen LogP) is -0.0346. The van der Waals surface area contributed by atoms with Gasteiger partial charge in [-0.05, 0) is 13.5 Å². The van der Waals surface area contributed by atoms with E-state index >= 15 is 0 Å². The van der Waals surface area contributed by atoms with Crippen molar-refractivity contribution < 1.29 is 14.7 Å². The molecule has 5 heteroatoms. The molecule has 0 rings (SSSR count). The first kappa shape index (κ1) is 12.9. The topological polar surface area (TPSA) is 78.4 Å². The first-order valence-electron chi connectivity index (χ1n) is 4.78. The highest BCUT2D eigenvalue weighted by Crippen LogP contribution is 1.91. The molecule has 0 saturated carbocycles. The Morgan fingerprint density at radius 2 is 2.07 bits per heavy atom. The average molecular weight is 202 g/mol. The minimum atomic E-state index is -0.899. The lowest BCUT2D eigenvalue weighted by Gasteiger charge is -2.11. The van der Waals surface area contributed by atoms with Crippen LogP contribution in [-0.4, -0.2) is 36.1 Å². The van der Waals surface area contributed by atoms with Gasteiger partial charge in [-0.25, -0.2) is 0 Å². The largest absolute Gasteiger partial charge is 0.481 e. The van der Waals surface area contributed by atoms with Gasteiger partial charge in [-0.2, -0.15) is 0 Å². The van der Waals surface area contributed by atoms with Crippen LogP contribution in [0, 0.1) is 0 Å². The van der Waals surface area contributed by atoms with Gasteiger partial charge in [0.2, 0.25) is 5.91 Å². The molecular formula is C9H18N2O3. The maximum absolute atomic E-state index is 11.2. The zero-order valence-corrected chi connectivity index (χ0v) is 8.67. The Bertz CT molecular complexity index is 194. The number of carbonyl (C=O) groups is 2. The van der Waals surface area contributed by atoms with Crippen molar-refractivity contribution in [3.05, 3.63) is 0 Å². The quantitative estimate of drug-likeness (QED) is 0.506. The molecule has 0 aliphatic carbocycles. The zero-order valence-electron chi connectivity index (χ0n) is 8.67. The molecule has 14 heavy (non-hydrogen) atoms. The third-order valence-corrected chi connectivity index (χ3v) is 1.67. The molecule has 0 aromatic heterocycles. The Labute approximate surface area is 83.9 Å². The highest BCUT2D eigenvalue weighted by molar-refractivity contribution is 5.77. The molecule has 0 aliphatic rings. The van der Waals surface area contributed by atoms with Crippen LogP contribution in [-0.2, 0) is 9.59 Å². The molecule has 0 bridgehead atoms. The fraction of sp³-hybridized carbons (Fsp3) is 0.778. The molecule has 1 amide bonds. The summed E-state index contributed by atoms with van der Waals surface area (Å²) in [6.45, 7) is 5.10. The van der Waals surface area contributed by atoms with E-state index in [1.165, 1.54) is 0 Å². The van der Waals surface area contributed by atoms with Gasteiger partial charge in [0.15, 0.2) is 0 Å². The van der Waals surface area contributed by atoms with Crippen LogP contribution in [0.2, 0.25) is 0 Å². The molecule has 1 unspecified atom stereocenters. The predicted molar refractivity (Wildman–Crippen MR) is 53.0 cm³/mol. The van der Waals surface area contributed by atoms with Gasteiger partial charge >= 0.3 is 5.97 Å². The lowest BCUT2D eigenvalue weighted by Crippen LogP contribution is -2.35. The van der Waals surface area contributed by atoms with E-state index < -0.39 is 5.97 Å². The minimum absolute atomic E-state index is 0.0348. The van der Waals surface area contributed by atoms with Gasteiger partial charge in [0.25, 0.3) is 0 Å². The summed E-state index contributed by atoms with van der Waals surface area (Å²) in [5.74, 6) is -1.01. The molecular weight excluding hydrogens is 184 g/mol. The van der Waals surface area contributed by atoms with Crippen LogP contribution in [0.25, 0.3) is 0 Å². The van der Waals surface area contributed by atoms with E-state index in [9.17, 15) is 9.59 Å². The monoisotopic (exact) mass is 202 g/mol. The number of hydrogen-bond acceptors (Lipinski definition) is 3. The number of nitrogens with one attached hydrogen (secondary N) is 2. The van der Waals surface area contributed by atoms with Crippen molar-refractivity contribution in [3.63, 3.8) is 0 Å². The fourth-order valence-corrected chi connectivity index (χ4v) is 1.04. The van der Waals surface area contributed by atoms with Gasteiger partial charge in [-0.15, -0.1) is 0 Å². The van der Waals surface area contributed by atoms with Gasteiger partial charge in [-0.1, -0.05) is 6.92 Å². The summed E-state index contributed by atoms with van der Waals surface area (Å²) in [5, 5.41) is 14.1. The molecule has 0 aromatic carbocycles. The van der Waals surface area contributed by atoms with Crippen LogP contribution in [0.1, 0.15) is 26.7 Å². The van der Waals surface area contributed by atoms with Crippen LogP contribution >= 0.6 is 0 Å². The van der Waals surface area contributed by atoms with E-state index in [-0.39, 0.29) is 18.4 Å². The molecule has 0 saturated heterocycles. The summed E-state index contributed by atoms with van der Waals surface area (Å²) in [7, 11) is 0. The van der Waals surface area contributed by atoms with Crippen molar-refractivity contribution in [2.24, 2.45) is 0 Å². The van der Waals surface area contributed by atoms with Crippen LogP contribution in [0.3, 0.4) is 0 Å². The minimum Gasteiger partial charge on any atom is -0.481 e. The summed E-state index contributed by atoms with van der Waals surface area (Å²) in [4.78, 5) is 21.5. The Balaban J connectivity index is 3.55. The molecule has 3 N–H and O–H groups in total. The number of carboxylic acids is 1. The molecule has 0 aromatic rings. The maximum atomic E-state index is 11.2. The van der Waals surface area contributed by atoms with Crippen molar-refractivity contribution in [1.82, 2.24) is 10.6 Å². The summed E-state index contributed by atoms with van der Waals surface area (Å²) in [6.07, 6.45) is 0.352. The smallest absolute Gasteiger partial charge is 0.305 e. The van der Waals surface area contributed by atoms with Crippen LogP contribution < -0.4 is 10.6 Å². The number of aliphatic carboxylic acids is 1. The molecule has 1 atom stereocenters. The second-order valence-corrected chi connectivity index (χ2v) is 3.17.